The smallest absolute Gasteiger partial charge is 0.373 e. The van der Waals surface area contributed by atoms with Gasteiger partial charge in [0.25, 0.3) is 16.0 Å². The van der Waals surface area contributed by atoms with Gasteiger partial charge in [-0.1, -0.05) is 6.07 Å². The Labute approximate surface area is 205 Å². The second kappa shape index (κ2) is 9.61. The Balaban J connectivity index is 1.76. The number of rotatable bonds is 8. The summed E-state index contributed by atoms with van der Waals surface area (Å²) < 4.78 is 35.8. The van der Waals surface area contributed by atoms with Crippen molar-refractivity contribution in [3.63, 3.8) is 0 Å². The van der Waals surface area contributed by atoms with E-state index in [1.54, 1.807) is 0 Å². The topological polar surface area (TPSA) is 230 Å². The van der Waals surface area contributed by atoms with E-state index in [1.165, 1.54) is 48.5 Å². The summed E-state index contributed by atoms with van der Waals surface area (Å²) in [6.45, 7) is 0. The molecule has 4 aromatic rings. The number of carboxylic acid groups (broad SMARTS) is 2. The summed E-state index contributed by atoms with van der Waals surface area (Å²) in [5.74, 6) is -3.81. The molecule has 4 rings (SSSR count). The van der Waals surface area contributed by atoms with Crippen molar-refractivity contribution in [2.24, 2.45) is 10.2 Å². The van der Waals surface area contributed by atoms with Crippen LogP contribution >= 0.6 is 12.0 Å². The molecule has 0 radical (unpaired) electrons. The van der Waals surface area contributed by atoms with Crippen LogP contribution in [-0.4, -0.2) is 55.4 Å². The first-order valence-corrected chi connectivity index (χ1v) is 12.0. The average Bonchev–Trinajstić information content (AvgIpc) is 3.32. The first kappa shape index (κ1) is 24.6. The van der Waals surface area contributed by atoms with E-state index in [4.69, 9.17) is 14.8 Å². The van der Waals surface area contributed by atoms with Crippen molar-refractivity contribution in [2.75, 3.05) is 4.72 Å². The number of benzene rings is 3. The third-order valence-electron chi connectivity index (χ3n) is 4.74. The van der Waals surface area contributed by atoms with Crippen LogP contribution in [-0.2, 0) is 10.0 Å². The fraction of sp³-hybridized carbons (Fsp3) is 0. The molecule has 0 saturated heterocycles. The molecule has 0 spiro atoms. The summed E-state index contributed by atoms with van der Waals surface area (Å²) in [6, 6.07) is 10.5. The number of aromatic nitrogens is 3. The van der Waals surface area contributed by atoms with Crippen molar-refractivity contribution >= 4 is 62.1 Å². The van der Waals surface area contributed by atoms with Gasteiger partial charge in [-0.15, -0.1) is 15.3 Å². The fourth-order valence-electron chi connectivity index (χ4n) is 3.05. The molecule has 0 saturated carbocycles. The van der Waals surface area contributed by atoms with Gasteiger partial charge in [0.05, 0.1) is 10.5 Å². The minimum absolute atomic E-state index is 0.0147. The molecule has 1 heterocycles. The minimum Gasteiger partial charge on any atom is -0.504 e. The van der Waals surface area contributed by atoms with Gasteiger partial charge >= 0.3 is 11.9 Å². The fourth-order valence-corrected chi connectivity index (χ4v) is 4.51. The highest BCUT2D eigenvalue weighted by Gasteiger charge is 2.20. The van der Waals surface area contributed by atoms with Crippen LogP contribution in [0.3, 0.4) is 0 Å². The molecule has 0 bridgehead atoms. The Morgan fingerprint density at radius 1 is 1.03 bits per heavy atom. The van der Waals surface area contributed by atoms with E-state index in [0.717, 1.165) is 0 Å². The molecule has 0 aliphatic heterocycles. The standard InChI is InChI=1S/C20H14N6O8S2/c27-16-14(35-32)7-10-3-6-12(36(33,34)26-11-4-1-9(2-5-11)18(28)29)8-13(10)15(16)22-24-20-21-17(19(30)31)23-25-20/h1-8,26-27,32H,(H,28,29)(H,30,31)(H,21,23,25)/p+1. The lowest BCUT2D eigenvalue weighted by Crippen LogP contribution is -2.13. The lowest BCUT2D eigenvalue weighted by atomic mass is 10.1. The molecule has 7 N–H and O–H groups in total. The normalized spacial score (nSPS) is 11.7. The maximum atomic E-state index is 13.0. The summed E-state index contributed by atoms with van der Waals surface area (Å²) >= 11 is 0.480. The van der Waals surface area contributed by atoms with Gasteiger partial charge in [0.2, 0.25) is 17.9 Å². The largest absolute Gasteiger partial charge is 0.504 e. The number of carboxylic acids is 2. The van der Waals surface area contributed by atoms with Gasteiger partial charge in [-0.05, 0) is 47.9 Å². The number of sulfonamides is 1. The van der Waals surface area contributed by atoms with Crippen molar-refractivity contribution in [3.05, 3.63) is 59.9 Å². The van der Waals surface area contributed by atoms with Gasteiger partial charge in [0.15, 0.2) is 5.75 Å². The van der Waals surface area contributed by atoms with Crippen LogP contribution in [0.1, 0.15) is 21.0 Å². The number of aromatic carboxylic acids is 2. The molecule has 16 heteroatoms. The molecule has 0 amide bonds. The number of hydrogen-bond acceptors (Lipinski definition) is 10. The number of nitrogens with one attached hydrogen (secondary N) is 2. The number of nitrogens with zero attached hydrogens (tertiary/aromatic N) is 4. The Morgan fingerprint density at radius 2 is 1.75 bits per heavy atom. The van der Waals surface area contributed by atoms with Crippen molar-refractivity contribution < 1.29 is 37.9 Å². The highest BCUT2D eigenvalue weighted by molar-refractivity contribution is 7.94. The molecule has 1 aromatic heterocycles. The zero-order valence-electron chi connectivity index (χ0n) is 17.7. The first-order valence-electron chi connectivity index (χ1n) is 9.66. The number of fused-ring (bicyclic) bond motifs is 1. The van der Waals surface area contributed by atoms with Crippen LogP contribution < -0.4 is 4.72 Å². The third kappa shape index (κ3) is 4.95. The summed E-state index contributed by atoms with van der Waals surface area (Å²) in [6.07, 6.45) is 0. The minimum atomic E-state index is -4.15. The Hall–Kier alpha value is -4.54. The SMILES string of the molecule is O=C(O)c1ccc(NS(=O)(=O)c2ccc3cc(S[OH2+])c(O)c(N=Nc4n[nH]c(C(=O)O)n4)c3c2)cc1. The second-order valence-electron chi connectivity index (χ2n) is 7.03. The van der Waals surface area contributed by atoms with E-state index in [1.807, 2.05) is 0 Å². The summed E-state index contributed by atoms with van der Waals surface area (Å²) in [5.41, 5.74) is -0.0755. The number of aromatic amines is 1. The zero-order valence-corrected chi connectivity index (χ0v) is 19.3. The number of phenols is 1. The van der Waals surface area contributed by atoms with E-state index in [9.17, 15) is 23.1 Å². The molecule has 0 atom stereocenters. The Bertz CT molecular complexity index is 1630. The first-order chi connectivity index (χ1) is 17.1. The lowest BCUT2D eigenvalue weighted by molar-refractivity contribution is 0.0678. The molecule has 0 aliphatic carbocycles. The van der Waals surface area contributed by atoms with Crippen molar-refractivity contribution in [3.8, 4) is 5.75 Å². The maximum Gasteiger partial charge on any atom is 0.373 e. The number of aromatic hydroxyl groups is 1. The molecule has 0 unspecified atom stereocenters. The van der Waals surface area contributed by atoms with Crippen LogP contribution in [0.4, 0.5) is 17.3 Å². The Kier molecular flexibility index (Phi) is 6.56. The summed E-state index contributed by atoms with van der Waals surface area (Å²) in [5, 5.41) is 42.4. The molecule has 0 fully saturated rings. The number of anilines is 1. The van der Waals surface area contributed by atoms with Crippen LogP contribution in [0.5, 0.6) is 5.75 Å². The number of H-pyrrole nitrogens is 1. The number of hydrogen-bond donors (Lipinski definition) is 5. The molecule has 3 aromatic carbocycles. The van der Waals surface area contributed by atoms with Crippen molar-refractivity contribution in [2.45, 2.75) is 9.79 Å². The molecular weight excluding hydrogens is 516 g/mol. The predicted molar refractivity (Wildman–Crippen MR) is 127 cm³/mol. The molecule has 14 nitrogen and oxygen atoms in total. The van der Waals surface area contributed by atoms with Gasteiger partial charge in [-0.3, -0.25) is 9.82 Å². The lowest BCUT2D eigenvalue weighted by Gasteiger charge is -2.11. The summed E-state index contributed by atoms with van der Waals surface area (Å²) in [4.78, 5) is 25.5. The average molecular weight is 532 g/mol. The molecule has 36 heavy (non-hydrogen) atoms. The second-order valence-corrected chi connectivity index (χ2v) is 9.36. The van der Waals surface area contributed by atoms with Crippen LogP contribution in [0.2, 0.25) is 0 Å². The van der Waals surface area contributed by atoms with E-state index in [0.29, 0.717) is 17.4 Å². The van der Waals surface area contributed by atoms with Gasteiger partial charge in [-0.2, -0.15) is 4.98 Å². The zero-order chi connectivity index (χ0) is 26.0. The summed E-state index contributed by atoms with van der Waals surface area (Å²) in [7, 11) is -4.15. The van der Waals surface area contributed by atoms with Crippen LogP contribution in [0.25, 0.3) is 10.8 Å². The van der Waals surface area contributed by atoms with Crippen molar-refractivity contribution in [1.29, 1.82) is 0 Å². The van der Waals surface area contributed by atoms with Crippen molar-refractivity contribution in [1.82, 2.24) is 15.2 Å². The van der Waals surface area contributed by atoms with Gasteiger partial charge in [0.1, 0.15) is 10.6 Å². The molecular formula is C20H15N6O8S2+. The van der Waals surface area contributed by atoms with E-state index in [2.05, 4.69) is 30.1 Å². The maximum absolute atomic E-state index is 13.0. The number of azo groups is 1. The van der Waals surface area contributed by atoms with Crippen LogP contribution in [0.15, 0.2) is 68.6 Å². The quantitative estimate of drug-likeness (QED) is 0.127. The van der Waals surface area contributed by atoms with Crippen LogP contribution in [0, 0.1) is 0 Å². The van der Waals surface area contributed by atoms with E-state index >= 15 is 0 Å². The molecule has 0 aliphatic rings. The predicted octanol–water partition coefficient (Wildman–Crippen LogP) is 3.01. The Morgan fingerprint density at radius 3 is 2.36 bits per heavy atom. The number of phenolic OH excluding ortho intramolecular Hbond substituents is 1. The molecule has 184 valence electrons. The van der Waals surface area contributed by atoms with Gasteiger partial charge in [0, 0.05) is 11.1 Å². The van der Waals surface area contributed by atoms with E-state index in [-0.39, 0.29) is 38.1 Å². The van der Waals surface area contributed by atoms with E-state index < -0.39 is 33.5 Å². The third-order valence-corrected chi connectivity index (χ3v) is 6.65. The van der Waals surface area contributed by atoms with Gasteiger partial charge < -0.3 is 19.9 Å². The highest BCUT2D eigenvalue weighted by atomic mass is 32.2. The number of carbonyl (C=O) groups is 2. The highest BCUT2D eigenvalue weighted by Crippen LogP contribution is 2.43. The van der Waals surface area contributed by atoms with Gasteiger partial charge in [-0.25, -0.2) is 18.0 Å². The monoisotopic (exact) mass is 531 g/mol.